The zero-order valence-corrected chi connectivity index (χ0v) is 12.5. The summed E-state index contributed by atoms with van der Waals surface area (Å²) < 4.78 is 11.2. The SMILES string of the molecule is CC(=O)OCC1O[C@@H](SCCN)C(C)[C@@H](C)[C@@H]1C. The number of rotatable bonds is 5. The van der Waals surface area contributed by atoms with Gasteiger partial charge in [-0.05, 0) is 17.8 Å². The molecule has 0 saturated carbocycles. The molecule has 1 heterocycles. The van der Waals surface area contributed by atoms with Crippen LogP contribution in [0, 0.1) is 17.8 Å². The number of thioether (sulfide) groups is 1. The minimum absolute atomic E-state index is 0.00428. The van der Waals surface area contributed by atoms with Crippen LogP contribution in [-0.4, -0.2) is 36.4 Å². The lowest BCUT2D eigenvalue weighted by molar-refractivity contribution is -0.156. The second-order valence-electron chi connectivity index (χ2n) is 5.08. The monoisotopic (exact) mass is 275 g/mol. The standard InChI is InChI=1S/C13H25NO3S/c1-8-9(2)12(7-16-11(4)15)17-13(10(8)3)18-6-5-14/h8-10,12-13H,5-7,14H2,1-4H3/t8-,9-,10?,12?,13-/m0/s1. The number of esters is 1. The summed E-state index contributed by atoms with van der Waals surface area (Å²) in [6.45, 7) is 9.08. The highest BCUT2D eigenvalue weighted by molar-refractivity contribution is 7.99. The molecule has 0 aliphatic carbocycles. The second kappa shape index (κ2) is 7.36. The predicted molar refractivity (Wildman–Crippen MR) is 74.3 cm³/mol. The van der Waals surface area contributed by atoms with Crippen molar-refractivity contribution >= 4 is 17.7 Å². The van der Waals surface area contributed by atoms with Crippen molar-refractivity contribution in [1.82, 2.24) is 0 Å². The van der Waals surface area contributed by atoms with Crippen LogP contribution in [0.1, 0.15) is 27.7 Å². The quantitative estimate of drug-likeness (QED) is 0.776. The Kier molecular flexibility index (Phi) is 6.46. The van der Waals surface area contributed by atoms with Crippen molar-refractivity contribution < 1.29 is 14.3 Å². The lowest BCUT2D eigenvalue weighted by atomic mass is 9.80. The fraction of sp³-hybridized carbons (Fsp3) is 0.923. The molecule has 2 unspecified atom stereocenters. The third-order valence-electron chi connectivity index (χ3n) is 3.83. The third kappa shape index (κ3) is 4.14. The van der Waals surface area contributed by atoms with E-state index in [-0.39, 0.29) is 17.5 Å². The van der Waals surface area contributed by atoms with Gasteiger partial charge < -0.3 is 15.2 Å². The molecule has 0 aromatic rings. The zero-order valence-electron chi connectivity index (χ0n) is 11.7. The van der Waals surface area contributed by atoms with E-state index in [9.17, 15) is 4.79 Å². The summed E-state index contributed by atoms with van der Waals surface area (Å²) in [6, 6.07) is 0. The fourth-order valence-corrected chi connectivity index (χ4v) is 3.39. The van der Waals surface area contributed by atoms with Crippen LogP contribution in [0.25, 0.3) is 0 Å². The highest BCUT2D eigenvalue weighted by Gasteiger charge is 2.39. The molecule has 5 heteroatoms. The normalized spacial score (nSPS) is 36.4. The van der Waals surface area contributed by atoms with Crippen molar-refractivity contribution in [2.24, 2.45) is 23.5 Å². The molecule has 0 radical (unpaired) electrons. The molecule has 5 atom stereocenters. The lowest BCUT2D eigenvalue weighted by Crippen LogP contribution is -2.45. The Morgan fingerprint density at radius 2 is 1.94 bits per heavy atom. The van der Waals surface area contributed by atoms with E-state index >= 15 is 0 Å². The Morgan fingerprint density at radius 3 is 2.50 bits per heavy atom. The Labute approximate surface area is 114 Å². The summed E-state index contributed by atoms with van der Waals surface area (Å²) in [7, 11) is 0. The van der Waals surface area contributed by atoms with Gasteiger partial charge in [0.2, 0.25) is 0 Å². The zero-order chi connectivity index (χ0) is 13.7. The molecule has 1 rings (SSSR count). The lowest BCUT2D eigenvalue weighted by Gasteiger charge is -2.43. The topological polar surface area (TPSA) is 61.5 Å². The summed E-state index contributed by atoms with van der Waals surface area (Å²) in [6.07, 6.45) is -0.00428. The van der Waals surface area contributed by atoms with Gasteiger partial charge in [-0.1, -0.05) is 20.8 Å². The van der Waals surface area contributed by atoms with E-state index in [1.54, 1.807) is 11.8 Å². The van der Waals surface area contributed by atoms with Gasteiger partial charge in [-0.15, -0.1) is 11.8 Å². The first kappa shape index (κ1) is 15.8. The number of carbonyl (C=O) groups is 1. The van der Waals surface area contributed by atoms with Gasteiger partial charge in [-0.2, -0.15) is 0 Å². The predicted octanol–water partition coefficient (Wildman–Crippen LogP) is 1.87. The van der Waals surface area contributed by atoms with E-state index in [1.807, 2.05) is 0 Å². The summed E-state index contributed by atoms with van der Waals surface area (Å²) in [5.74, 6) is 2.09. The number of hydrogen-bond donors (Lipinski definition) is 1. The summed E-state index contributed by atoms with van der Waals surface area (Å²) >= 11 is 1.76. The Hall–Kier alpha value is -0.260. The smallest absolute Gasteiger partial charge is 0.302 e. The van der Waals surface area contributed by atoms with Crippen LogP contribution in [-0.2, 0) is 14.3 Å². The summed E-state index contributed by atoms with van der Waals surface area (Å²) in [5.41, 5.74) is 5.69. The molecule has 18 heavy (non-hydrogen) atoms. The molecule has 1 aliphatic heterocycles. The Morgan fingerprint density at radius 1 is 1.28 bits per heavy atom. The van der Waals surface area contributed by atoms with Gasteiger partial charge in [0.05, 0.1) is 6.10 Å². The van der Waals surface area contributed by atoms with Crippen LogP contribution < -0.4 is 5.73 Å². The maximum atomic E-state index is 10.9. The molecule has 0 spiro atoms. The third-order valence-corrected chi connectivity index (χ3v) is 5.17. The molecule has 0 amide bonds. The molecule has 106 valence electrons. The van der Waals surface area contributed by atoms with Crippen LogP contribution in [0.4, 0.5) is 0 Å². The number of hydrogen-bond acceptors (Lipinski definition) is 5. The highest BCUT2D eigenvalue weighted by atomic mass is 32.2. The van der Waals surface area contributed by atoms with Crippen molar-refractivity contribution in [3.8, 4) is 0 Å². The Balaban J connectivity index is 2.58. The molecule has 1 saturated heterocycles. The van der Waals surface area contributed by atoms with Crippen molar-refractivity contribution in [2.45, 2.75) is 39.2 Å². The van der Waals surface area contributed by atoms with E-state index in [2.05, 4.69) is 20.8 Å². The molecule has 1 aliphatic rings. The average Bonchev–Trinajstić information content (AvgIpc) is 2.34. The van der Waals surface area contributed by atoms with Crippen LogP contribution in [0.2, 0.25) is 0 Å². The maximum Gasteiger partial charge on any atom is 0.302 e. The van der Waals surface area contributed by atoms with Gasteiger partial charge in [-0.25, -0.2) is 0 Å². The molecule has 1 fully saturated rings. The largest absolute Gasteiger partial charge is 0.463 e. The van der Waals surface area contributed by atoms with Gasteiger partial charge in [0, 0.05) is 19.2 Å². The number of nitrogens with two attached hydrogens (primary N) is 1. The molecular weight excluding hydrogens is 250 g/mol. The molecule has 4 nitrogen and oxygen atoms in total. The van der Waals surface area contributed by atoms with Crippen LogP contribution >= 0.6 is 11.8 Å². The highest BCUT2D eigenvalue weighted by Crippen LogP contribution is 2.39. The molecule has 2 N–H and O–H groups in total. The van der Waals surface area contributed by atoms with Crippen LogP contribution in [0.15, 0.2) is 0 Å². The fourth-order valence-electron chi connectivity index (χ4n) is 2.25. The Bertz CT molecular complexity index is 275. The first-order valence-electron chi connectivity index (χ1n) is 6.57. The van der Waals surface area contributed by atoms with Crippen LogP contribution in [0.5, 0.6) is 0 Å². The van der Waals surface area contributed by atoms with E-state index in [1.165, 1.54) is 6.92 Å². The van der Waals surface area contributed by atoms with E-state index in [0.29, 0.717) is 30.9 Å². The first-order chi connectivity index (χ1) is 8.47. The van der Waals surface area contributed by atoms with Crippen molar-refractivity contribution in [3.05, 3.63) is 0 Å². The summed E-state index contributed by atoms with van der Waals surface area (Å²) in [4.78, 5) is 10.9. The van der Waals surface area contributed by atoms with Gasteiger partial charge in [0.15, 0.2) is 0 Å². The number of carbonyl (C=O) groups excluding carboxylic acids is 1. The maximum absolute atomic E-state index is 10.9. The molecule has 0 aromatic heterocycles. The van der Waals surface area contributed by atoms with Gasteiger partial charge >= 0.3 is 5.97 Å². The van der Waals surface area contributed by atoms with E-state index in [4.69, 9.17) is 15.2 Å². The summed E-state index contributed by atoms with van der Waals surface area (Å²) in [5, 5.41) is 0. The van der Waals surface area contributed by atoms with Gasteiger partial charge in [0.25, 0.3) is 0 Å². The van der Waals surface area contributed by atoms with Crippen molar-refractivity contribution in [1.29, 1.82) is 0 Å². The van der Waals surface area contributed by atoms with Gasteiger partial charge in [-0.3, -0.25) is 4.79 Å². The minimum Gasteiger partial charge on any atom is -0.463 e. The van der Waals surface area contributed by atoms with Crippen molar-refractivity contribution in [2.75, 3.05) is 18.9 Å². The average molecular weight is 275 g/mol. The van der Waals surface area contributed by atoms with Crippen LogP contribution in [0.3, 0.4) is 0 Å². The first-order valence-corrected chi connectivity index (χ1v) is 7.62. The molecule has 0 aromatic carbocycles. The van der Waals surface area contributed by atoms with Crippen molar-refractivity contribution in [3.63, 3.8) is 0 Å². The minimum atomic E-state index is -0.247. The second-order valence-corrected chi connectivity index (χ2v) is 6.29. The van der Waals surface area contributed by atoms with E-state index in [0.717, 1.165) is 5.75 Å². The van der Waals surface area contributed by atoms with Gasteiger partial charge in [0.1, 0.15) is 12.0 Å². The molecular formula is C13H25NO3S. The number of ether oxygens (including phenoxy) is 2. The van der Waals surface area contributed by atoms with E-state index < -0.39 is 0 Å². The molecule has 0 bridgehead atoms.